The van der Waals surface area contributed by atoms with Crippen LogP contribution in [0.4, 0.5) is 5.69 Å². The summed E-state index contributed by atoms with van der Waals surface area (Å²) in [5, 5.41) is 3.78. The second kappa shape index (κ2) is 15.0. The summed E-state index contributed by atoms with van der Waals surface area (Å²) in [7, 11) is -2.91. The molecule has 0 aliphatic carbocycles. The Morgan fingerprint density at radius 1 is 0.826 bits per heavy atom. The lowest BCUT2D eigenvalue weighted by Gasteiger charge is -2.35. The number of hydrogen-bond acceptors (Lipinski definition) is 5. The minimum Gasteiger partial charge on any atom is -0.495 e. The van der Waals surface area contributed by atoms with E-state index in [9.17, 15) is 18.0 Å². The van der Waals surface area contributed by atoms with E-state index in [1.54, 1.807) is 48.5 Å². The van der Waals surface area contributed by atoms with Crippen LogP contribution in [0.1, 0.15) is 31.9 Å². The number of benzene rings is 4. The van der Waals surface area contributed by atoms with Gasteiger partial charge in [0.25, 0.3) is 10.0 Å². The van der Waals surface area contributed by atoms with Crippen LogP contribution < -0.4 is 14.4 Å². The van der Waals surface area contributed by atoms with Crippen LogP contribution >= 0.6 is 23.2 Å². The molecule has 4 aromatic carbocycles. The summed E-state index contributed by atoms with van der Waals surface area (Å²) in [5.74, 6) is -0.787. The van der Waals surface area contributed by atoms with Crippen molar-refractivity contribution in [3.8, 4) is 5.75 Å². The van der Waals surface area contributed by atoms with E-state index >= 15 is 0 Å². The molecular formula is C35H37Cl2N3O5S. The average Bonchev–Trinajstić information content (AvgIpc) is 3.02. The first-order valence-corrected chi connectivity index (χ1v) is 16.8. The number of carbonyl (C=O) groups excluding carboxylic acids is 2. The number of halogens is 2. The predicted molar refractivity (Wildman–Crippen MR) is 183 cm³/mol. The highest BCUT2D eigenvalue weighted by Gasteiger charge is 2.36. The molecule has 0 bridgehead atoms. The van der Waals surface area contributed by atoms with Gasteiger partial charge in [0.1, 0.15) is 18.3 Å². The fourth-order valence-corrected chi connectivity index (χ4v) is 6.61. The molecule has 11 heteroatoms. The minimum absolute atomic E-state index is 0.0109. The van der Waals surface area contributed by atoms with E-state index in [1.807, 2.05) is 51.1 Å². The molecule has 4 aromatic rings. The van der Waals surface area contributed by atoms with E-state index in [4.69, 9.17) is 27.9 Å². The quantitative estimate of drug-likeness (QED) is 0.178. The number of amides is 2. The van der Waals surface area contributed by atoms with Crippen LogP contribution in [0.25, 0.3) is 0 Å². The molecule has 2 amide bonds. The van der Waals surface area contributed by atoms with Gasteiger partial charge in [0.15, 0.2) is 0 Å². The lowest BCUT2D eigenvalue weighted by atomic mass is 10.0. The molecule has 1 atom stereocenters. The van der Waals surface area contributed by atoms with Crippen LogP contribution in [0.2, 0.25) is 10.0 Å². The van der Waals surface area contributed by atoms with Crippen LogP contribution in [-0.4, -0.2) is 50.4 Å². The molecule has 8 nitrogen and oxygen atoms in total. The first kappa shape index (κ1) is 34.8. The Balaban J connectivity index is 1.85. The van der Waals surface area contributed by atoms with Crippen LogP contribution in [-0.2, 0) is 32.6 Å². The summed E-state index contributed by atoms with van der Waals surface area (Å²) in [6.45, 7) is 4.94. The second-order valence-electron chi connectivity index (χ2n) is 11.7. The lowest BCUT2D eigenvalue weighted by Crippen LogP contribution is -2.56. The maximum Gasteiger partial charge on any atom is 0.264 e. The number of sulfonamides is 1. The number of nitrogens with zero attached hydrogens (tertiary/aromatic N) is 2. The summed E-state index contributed by atoms with van der Waals surface area (Å²) in [6.07, 6.45) is 0.188. The van der Waals surface area contributed by atoms with Gasteiger partial charge in [-0.3, -0.25) is 13.9 Å². The van der Waals surface area contributed by atoms with Crippen LogP contribution in [0.3, 0.4) is 0 Å². The lowest BCUT2D eigenvalue weighted by molar-refractivity contribution is -0.140. The molecule has 0 saturated heterocycles. The molecule has 0 spiro atoms. The van der Waals surface area contributed by atoms with Gasteiger partial charge in [-0.15, -0.1) is 0 Å². The van der Waals surface area contributed by atoms with Crippen LogP contribution in [0.5, 0.6) is 5.75 Å². The zero-order valence-electron chi connectivity index (χ0n) is 26.1. The van der Waals surface area contributed by atoms with E-state index in [0.29, 0.717) is 10.6 Å². The molecule has 0 saturated carbocycles. The summed E-state index contributed by atoms with van der Waals surface area (Å²) in [4.78, 5) is 30.0. The third kappa shape index (κ3) is 9.02. The number of carbonyl (C=O) groups is 2. The fourth-order valence-electron chi connectivity index (χ4n) is 4.88. The van der Waals surface area contributed by atoms with Gasteiger partial charge in [0.05, 0.1) is 17.7 Å². The molecule has 46 heavy (non-hydrogen) atoms. The Morgan fingerprint density at radius 2 is 1.41 bits per heavy atom. The Labute approximate surface area is 280 Å². The van der Waals surface area contributed by atoms with Crippen molar-refractivity contribution in [2.75, 3.05) is 18.0 Å². The van der Waals surface area contributed by atoms with Crippen LogP contribution in [0, 0.1) is 0 Å². The fraction of sp³-hybridized carbons (Fsp3) is 0.257. The first-order chi connectivity index (χ1) is 21.8. The largest absolute Gasteiger partial charge is 0.495 e. The van der Waals surface area contributed by atoms with E-state index in [2.05, 4.69) is 5.32 Å². The molecule has 1 unspecified atom stereocenters. The Kier molecular flexibility index (Phi) is 11.4. The molecule has 0 aliphatic rings. The molecule has 242 valence electrons. The van der Waals surface area contributed by atoms with Gasteiger partial charge < -0.3 is 15.0 Å². The maximum atomic E-state index is 14.6. The number of methoxy groups -OCH3 is 1. The maximum absolute atomic E-state index is 14.6. The second-order valence-corrected chi connectivity index (χ2v) is 14.5. The minimum atomic E-state index is -4.31. The molecule has 0 fully saturated rings. The highest BCUT2D eigenvalue weighted by molar-refractivity contribution is 7.92. The van der Waals surface area contributed by atoms with Crippen molar-refractivity contribution >= 4 is 50.7 Å². The number of hydrogen-bond donors (Lipinski definition) is 1. The molecule has 4 rings (SSSR count). The summed E-state index contributed by atoms with van der Waals surface area (Å²) in [5.41, 5.74) is 1.02. The molecule has 1 N–H and O–H groups in total. The number of rotatable bonds is 12. The van der Waals surface area contributed by atoms with E-state index in [1.165, 1.54) is 36.3 Å². The number of anilines is 1. The topological polar surface area (TPSA) is 96.0 Å². The molecule has 0 aromatic heterocycles. The number of nitrogens with one attached hydrogen (secondary N) is 1. The zero-order chi connectivity index (χ0) is 33.5. The smallest absolute Gasteiger partial charge is 0.264 e. The Hall–Kier alpha value is -4.05. The highest BCUT2D eigenvalue weighted by Crippen LogP contribution is 2.35. The third-order valence-corrected chi connectivity index (χ3v) is 9.32. The van der Waals surface area contributed by atoms with Gasteiger partial charge >= 0.3 is 0 Å². The third-order valence-electron chi connectivity index (χ3n) is 7.06. The van der Waals surface area contributed by atoms with E-state index in [0.717, 1.165) is 9.87 Å². The van der Waals surface area contributed by atoms with Gasteiger partial charge in [0.2, 0.25) is 11.8 Å². The molecule has 0 aliphatic heterocycles. The molecular weight excluding hydrogens is 645 g/mol. The van der Waals surface area contributed by atoms with Gasteiger partial charge in [-0.2, -0.15) is 0 Å². The molecule has 0 radical (unpaired) electrons. The monoisotopic (exact) mass is 681 g/mol. The van der Waals surface area contributed by atoms with Crippen molar-refractivity contribution in [2.24, 2.45) is 0 Å². The van der Waals surface area contributed by atoms with Crippen molar-refractivity contribution in [3.63, 3.8) is 0 Å². The Morgan fingerprint density at radius 3 is 2.00 bits per heavy atom. The summed E-state index contributed by atoms with van der Waals surface area (Å²) in [6, 6.07) is 27.6. The van der Waals surface area contributed by atoms with Crippen molar-refractivity contribution in [2.45, 2.75) is 50.2 Å². The first-order valence-electron chi connectivity index (χ1n) is 14.6. The van der Waals surface area contributed by atoms with Gasteiger partial charge in [0, 0.05) is 28.5 Å². The van der Waals surface area contributed by atoms with Crippen molar-refractivity contribution < 1.29 is 22.7 Å². The summed E-state index contributed by atoms with van der Waals surface area (Å²) >= 11 is 12.5. The number of ether oxygens (including phenoxy) is 1. The van der Waals surface area contributed by atoms with E-state index in [-0.39, 0.29) is 40.2 Å². The van der Waals surface area contributed by atoms with Gasteiger partial charge in [-0.1, -0.05) is 83.9 Å². The molecule has 0 heterocycles. The highest BCUT2D eigenvalue weighted by atomic mass is 35.5. The van der Waals surface area contributed by atoms with Crippen molar-refractivity contribution in [1.82, 2.24) is 10.2 Å². The van der Waals surface area contributed by atoms with E-state index < -0.39 is 34.1 Å². The van der Waals surface area contributed by atoms with Crippen molar-refractivity contribution in [1.29, 1.82) is 0 Å². The summed E-state index contributed by atoms with van der Waals surface area (Å²) < 4.78 is 34.9. The predicted octanol–water partition coefficient (Wildman–Crippen LogP) is 6.75. The normalized spacial score (nSPS) is 12.2. The van der Waals surface area contributed by atoms with Crippen molar-refractivity contribution in [3.05, 3.63) is 124 Å². The standard InChI is InChI=1S/C35H37Cl2N3O5S/c1-35(2,3)38-34(42)31(21-25-11-7-5-8-12-25)39(23-26-15-17-27(36)18-16-26)33(41)24-40(30-22-28(37)19-20-32(30)45-4)46(43,44)29-13-9-6-10-14-29/h5-20,22,31H,21,23-24H2,1-4H3,(H,38,42). The van der Waals surface area contributed by atoms with Gasteiger partial charge in [-0.05, 0) is 74.4 Å². The Bertz CT molecular complexity index is 1750. The SMILES string of the molecule is COc1ccc(Cl)cc1N(CC(=O)N(Cc1ccc(Cl)cc1)C(Cc1ccccc1)C(=O)NC(C)(C)C)S(=O)(=O)c1ccccc1. The zero-order valence-corrected chi connectivity index (χ0v) is 28.4. The average molecular weight is 683 g/mol. The van der Waals surface area contributed by atoms with Crippen LogP contribution in [0.15, 0.2) is 108 Å². The van der Waals surface area contributed by atoms with Gasteiger partial charge in [-0.25, -0.2) is 8.42 Å².